The molecule has 1 aromatic carbocycles. The van der Waals surface area contributed by atoms with Crippen molar-refractivity contribution in [3.8, 4) is 0 Å². The highest BCUT2D eigenvalue weighted by molar-refractivity contribution is 5.96. The molecule has 2 fully saturated rings. The topological polar surface area (TPSA) is 49.4 Å². The van der Waals surface area contributed by atoms with Gasteiger partial charge in [0.25, 0.3) is 5.91 Å². The first-order valence-electron chi connectivity index (χ1n) is 7.88. The third-order valence-electron chi connectivity index (χ3n) is 4.77. The fraction of sp³-hybridized carbons (Fsp3) is 0.529. The molecule has 1 aromatic rings. The van der Waals surface area contributed by atoms with Crippen molar-refractivity contribution in [1.82, 2.24) is 10.2 Å². The molecule has 3 rings (SSSR count). The van der Waals surface area contributed by atoms with Gasteiger partial charge in [0.1, 0.15) is 0 Å². The number of benzene rings is 1. The van der Waals surface area contributed by atoms with Crippen molar-refractivity contribution in [2.75, 3.05) is 13.1 Å². The summed E-state index contributed by atoms with van der Waals surface area (Å²) >= 11 is 0. The maximum Gasteiger partial charge on any atom is 0.251 e. The molecule has 1 saturated carbocycles. The van der Waals surface area contributed by atoms with E-state index in [0.717, 1.165) is 19.4 Å². The number of hydrogen-bond donors (Lipinski definition) is 1. The monoisotopic (exact) mass is 286 g/mol. The standard InChI is InChI=1S/C17H22N2O2/c20-16(12-18-17(21)14-7-2-1-3-8-14)19-11-10-13-6-4-5-9-15(13)19/h1-3,7-8,13,15H,4-6,9-12H2,(H,18,21)/t13-,15+/m1/s1. The molecular weight excluding hydrogens is 264 g/mol. The second-order valence-corrected chi connectivity index (χ2v) is 6.04. The molecule has 2 amide bonds. The van der Waals surface area contributed by atoms with Gasteiger partial charge in [-0.2, -0.15) is 0 Å². The molecule has 0 aromatic heterocycles. The summed E-state index contributed by atoms with van der Waals surface area (Å²) in [7, 11) is 0. The van der Waals surface area contributed by atoms with Gasteiger partial charge in [-0.1, -0.05) is 31.0 Å². The van der Waals surface area contributed by atoms with Gasteiger partial charge in [0.15, 0.2) is 0 Å². The van der Waals surface area contributed by atoms with E-state index in [0.29, 0.717) is 17.5 Å². The van der Waals surface area contributed by atoms with Crippen molar-refractivity contribution < 1.29 is 9.59 Å². The number of carbonyl (C=O) groups is 2. The first-order chi connectivity index (χ1) is 10.3. The smallest absolute Gasteiger partial charge is 0.251 e. The zero-order valence-corrected chi connectivity index (χ0v) is 12.3. The molecule has 112 valence electrons. The average molecular weight is 286 g/mol. The van der Waals surface area contributed by atoms with E-state index in [4.69, 9.17) is 0 Å². The van der Waals surface area contributed by atoms with Gasteiger partial charge in [-0.3, -0.25) is 9.59 Å². The summed E-state index contributed by atoms with van der Waals surface area (Å²) in [5.41, 5.74) is 0.599. The van der Waals surface area contributed by atoms with Gasteiger partial charge < -0.3 is 10.2 Å². The minimum Gasteiger partial charge on any atom is -0.343 e. The first-order valence-corrected chi connectivity index (χ1v) is 7.88. The second-order valence-electron chi connectivity index (χ2n) is 6.04. The summed E-state index contributed by atoms with van der Waals surface area (Å²) in [5, 5.41) is 2.74. The van der Waals surface area contributed by atoms with Gasteiger partial charge in [0.05, 0.1) is 6.54 Å². The van der Waals surface area contributed by atoms with Gasteiger partial charge in [-0.05, 0) is 37.3 Å². The van der Waals surface area contributed by atoms with Gasteiger partial charge >= 0.3 is 0 Å². The van der Waals surface area contributed by atoms with Gasteiger partial charge in [-0.15, -0.1) is 0 Å². The maximum absolute atomic E-state index is 12.3. The molecule has 1 N–H and O–H groups in total. The van der Waals surface area contributed by atoms with Crippen LogP contribution in [0.1, 0.15) is 42.5 Å². The highest BCUT2D eigenvalue weighted by atomic mass is 16.2. The van der Waals surface area contributed by atoms with Crippen LogP contribution < -0.4 is 5.32 Å². The van der Waals surface area contributed by atoms with Crippen LogP contribution in [-0.2, 0) is 4.79 Å². The lowest BCUT2D eigenvalue weighted by molar-refractivity contribution is -0.131. The molecule has 1 aliphatic carbocycles. The van der Waals surface area contributed by atoms with Crippen LogP contribution >= 0.6 is 0 Å². The van der Waals surface area contributed by atoms with E-state index in [-0.39, 0.29) is 18.4 Å². The maximum atomic E-state index is 12.3. The Balaban J connectivity index is 1.54. The molecule has 2 atom stereocenters. The minimum absolute atomic E-state index is 0.0636. The Morgan fingerprint density at radius 1 is 1.10 bits per heavy atom. The van der Waals surface area contributed by atoms with Crippen LogP contribution in [0.15, 0.2) is 30.3 Å². The van der Waals surface area contributed by atoms with Gasteiger partial charge in [0.2, 0.25) is 5.91 Å². The van der Waals surface area contributed by atoms with Crippen molar-refractivity contribution in [3.05, 3.63) is 35.9 Å². The van der Waals surface area contributed by atoms with Crippen LogP contribution in [0, 0.1) is 5.92 Å². The molecule has 0 radical (unpaired) electrons. The van der Waals surface area contributed by atoms with Crippen molar-refractivity contribution in [2.24, 2.45) is 5.92 Å². The summed E-state index contributed by atoms with van der Waals surface area (Å²) in [6.07, 6.45) is 6.03. The average Bonchev–Trinajstić information content (AvgIpc) is 2.97. The molecule has 1 heterocycles. The molecule has 4 nitrogen and oxygen atoms in total. The number of fused-ring (bicyclic) bond motifs is 1. The Kier molecular flexibility index (Phi) is 4.23. The lowest BCUT2D eigenvalue weighted by Gasteiger charge is -2.31. The Morgan fingerprint density at radius 2 is 1.86 bits per heavy atom. The first kappa shape index (κ1) is 14.1. The van der Waals surface area contributed by atoms with E-state index in [2.05, 4.69) is 5.32 Å². The van der Waals surface area contributed by atoms with Crippen LogP contribution in [0.25, 0.3) is 0 Å². The zero-order valence-electron chi connectivity index (χ0n) is 12.3. The fourth-order valence-electron chi connectivity index (χ4n) is 3.66. The largest absolute Gasteiger partial charge is 0.343 e. The van der Waals surface area contributed by atoms with E-state index < -0.39 is 0 Å². The van der Waals surface area contributed by atoms with Crippen molar-refractivity contribution in [2.45, 2.75) is 38.1 Å². The molecule has 0 bridgehead atoms. The highest BCUT2D eigenvalue weighted by Crippen LogP contribution is 2.35. The molecule has 0 unspecified atom stereocenters. The predicted molar refractivity (Wildman–Crippen MR) is 80.9 cm³/mol. The number of likely N-dealkylation sites (tertiary alicyclic amines) is 1. The van der Waals surface area contributed by atoms with E-state index in [1.54, 1.807) is 12.1 Å². The van der Waals surface area contributed by atoms with E-state index in [1.165, 1.54) is 19.3 Å². The predicted octanol–water partition coefficient (Wildman–Crippen LogP) is 2.21. The number of amides is 2. The van der Waals surface area contributed by atoms with Crippen LogP contribution in [0.4, 0.5) is 0 Å². The summed E-state index contributed by atoms with van der Waals surface area (Å²) in [5.74, 6) is 0.574. The summed E-state index contributed by atoms with van der Waals surface area (Å²) in [4.78, 5) is 26.3. The molecule has 0 spiro atoms. The molecule has 1 saturated heterocycles. The Bertz CT molecular complexity index is 515. The molecule has 2 aliphatic rings. The summed E-state index contributed by atoms with van der Waals surface area (Å²) in [6.45, 7) is 0.965. The van der Waals surface area contributed by atoms with Crippen LogP contribution in [0.5, 0.6) is 0 Å². The van der Waals surface area contributed by atoms with Crippen LogP contribution in [-0.4, -0.2) is 35.8 Å². The normalized spacial score (nSPS) is 24.5. The van der Waals surface area contributed by atoms with Crippen LogP contribution in [0.3, 0.4) is 0 Å². The van der Waals surface area contributed by atoms with E-state index in [9.17, 15) is 9.59 Å². The van der Waals surface area contributed by atoms with E-state index >= 15 is 0 Å². The lowest BCUT2D eigenvalue weighted by atomic mass is 9.85. The number of carbonyl (C=O) groups excluding carboxylic acids is 2. The molecular formula is C17H22N2O2. The summed E-state index contributed by atoms with van der Waals surface area (Å²) in [6, 6.07) is 9.45. The van der Waals surface area contributed by atoms with E-state index in [1.807, 2.05) is 23.1 Å². The second kappa shape index (κ2) is 6.29. The van der Waals surface area contributed by atoms with Gasteiger partial charge in [-0.25, -0.2) is 0 Å². The number of nitrogens with zero attached hydrogens (tertiary/aromatic N) is 1. The van der Waals surface area contributed by atoms with Crippen LogP contribution in [0.2, 0.25) is 0 Å². The third kappa shape index (κ3) is 3.09. The molecule has 1 aliphatic heterocycles. The fourth-order valence-corrected chi connectivity index (χ4v) is 3.66. The number of rotatable bonds is 3. The Morgan fingerprint density at radius 3 is 2.67 bits per heavy atom. The number of hydrogen-bond acceptors (Lipinski definition) is 2. The Hall–Kier alpha value is -1.84. The van der Waals surface area contributed by atoms with Crippen molar-refractivity contribution in [3.63, 3.8) is 0 Å². The zero-order chi connectivity index (χ0) is 14.7. The molecule has 21 heavy (non-hydrogen) atoms. The third-order valence-corrected chi connectivity index (χ3v) is 4.77. The quantitative estimate of drug-likeness (QED) is 0.926. The SMILES string of the molecule is O=C(NCC(=O)N1CC[C@H]2CCCC[C@@H]21)c1ccccc1. The van der Waals surface area contributed by atoms with Gasteiger partial charge in [0, 0.05) is 18.2 Å². The Labute approximate surface area is 125 Å². The van der Waals surface area contributed by atoms with Crippen molar-refractivity contribution in [1.29, 1.82) is 0 Å². The van der Waals surface area contributed by atoms with Crippen molar-refractivity contribution >= 4 is 11.8 Å². The summed E-state index contributed by atoms with van der Waals surface area (Å²) < 4.78 is 0. The highest BCUT2D eigenvalue weighted by Gasteiger charge is 2.37. The lowest BCUT2D eigenvalue weighted by Crippen LogP contribution is -2.44. The number of nitrogens with one attached hydrogen (secondary N) is 1. The minimum atomic E-state index is -0.177. The molecule has 4 heteroatoms.